The highest BCUT2D eigenvalue weighted by atomic mass is 19.3. The van der Waals surface area contributed by atoms with E-state index in [4.69, 9.17) is 4.52 Å². The van der Waals surface area contributed by atoms with Gasteiger partial charge in [-0.25, -0.2) is 8.78 Å². The van der Waals surface area contributed by atoms with Crippen molar-refractivity contribution in [3.05, 3.63) is 17.5 Å². The van der Waals surface area contributed by atoms with Crippen LogP contribution in [0.4, 0.5) is 17.6 Å². The molecule has 1 aliphatic heterocycles. The SMILES string of the molecule is Cc1cc(C(=O)N2CCC[C@@H](NC(=O)C(F)(F)C(F)F)C2)on1. The molecule has 0 radical (unpaired) electrons. The van der Waals surface area contributed by atoms with Crippen LogP contribution in [0.3, 0.4) is 0 Å². The highest BCUT2D eigenvalue weighted by Gasteiger charge is 2.49. The lowest BCUT2D eigenvalue weighted by molar-refractivity contribution is -0.170. The van der Waals surface area contributed by atoms with Crippen LogP contribution in [0.25, 0.3) is 0 Å². The molecule has 1 aromatic heterocycles. The summed E-state index contributed by atoms with van der Waals surface area (Å²) in [6, 6.07) is 0.601. The minimum absolute atomic E-state index is 0.00705. The summed E-state index contributed by atoms with van der Waals surface area (Å²) in [4.78, 5) is 24.7. The predicted octanol–water partition coefficient (Wildman–Crippen LogP) is 1.60. The molecule has 2 amide bonds. The first-order chi connectivity index (χ1) is 10.7. The molecular formula is C13H15F4N3O3. The van der Waals surface area contributed by atoms with E-state index in [1.54, 1.807) is 6.92 Å². The molecule has 0 saturated carbocycles. The summed E-state index contributed by atoms with van der Waals surface area (Å²) in [5.74, 6) is -7.30. The number of amides is 2. The van der Waals surface area contributed by atoms with Gasteiger partial charge in [0.25, 0.3) is 11.8 Å². The van der Waals surface area contributed by atoms with Crippen molar-refractivity contribution in [3.63, 3.8) is 0 Å². The third-order valence-corrected chi connectivity index (χ3v) is 3.46. The Kier molecular flexibility index (Phi) is 4.90. The molecule has 0 unspecified atom stereocenters. The molecule has 2 heterocycles. The minimum Gasteiger partial charge on any atom is -0.351 e. The number of nitrogens with zero attached hydrogens (tertiary/aromatic N) is 2. The second kappa shape index (κ2) is 6.55. The van der Waals surface area contributed by atoms with Gasteiger partial charge in [-0.15, -0.1) is 0 Å². The Bertz CT molecular complexity index is 591. The molecule has 0 aromatic carbocycles. The van der Waals surface area contributed by atoms with Crippen molar-refractivity contribution < 1.29 is 31.7 Å². The van der Waals surface area contributed by atoms with Crippen molar-refractivity contribution in [2.75, 3.05) is 13.1 Å². The highest BCUT2D eigenvalue weighted by Crippen LogP contribution is 2.24. The van der Waals surface area contributed by atoms with Gasteiger partial charge in [-0.1, -0.05) is 5.16 Å². The van der Waals surface area contributed by atoms with Crippen LogP contribution in [0.5, 0.6) is 0 Å². The first-order valence-electron chi connectivity index (χ1n) is 6.91. The van der Waals surface area contributed by atoms with Crippen LogP contribution >= 0.6 is 0 Å². The van der Waals surface area contributed by atoms with Gasteiger partial charge in [-0.2, -0.15) is 8.78 Å². The number of piperidine rings is 1. The minimum atomic E-state index is -4.76. The number of hydrogen-bond donors (Lipinski definition) is 1. The lowest BCUT2D eigenvalue weighted by atomic mass is 10.0. The maximum absolute atomic E-state index is 13.0. The number of carbonyl (C=O) groups is 2. The van der Waals surface area contributed by atoms with Gasteiger partial charge in [0.15, 0.2) is 0 Å². The van der Waals surface area contributed by atoms with Crippen LogP contribution in [0.2, 0.25) is 0 Å². The van der Waals surface area contributed by atoms with E-state index in [-0.39, 0.29) is 12.3 Å². The number of rotatable bonds is 4. The zero-order valence-corrected chi connectivity index (χ0v) is 12.2. The molecule has 0 spiro atoms. The second-order valence-electron chi connectivity index (χ2n) is 5.32. The van der Waals surface area contributed by atoms with Crippen molar-refractivity contribution >= 4 is 11.8 Å². The Morgan fingerprint density at radius 3 is 2.74 bits per heavy atom. The number of alkyl halides is 4. The molecule has 1 fully saturated rings. The third-order valence-electron chi connectivity index (χ3n) is 3.46. The van der Waals surface area contributed by atoms with E-state index in [9.17, 15) is 27.2 Å². The summed E-state index contributed by atoms with van der Waals surface area (Å²) in [6.45, 7) is 1.91. The number of halogens is 4. The highest BCUT2D eigenvalue weighted by molar-refractivity contribution is 5.91. The number of carbonyl (C=O) groups excluding carboxylic acids is 2. The Morgan fingerprint density at radius 2 is 2.17 bits per heavy atom. The number of likely N-dealkylation sites (tertiary alicyclic amines) is 1. The summed E-state index contributed by atoms with van der Waals surface area (Å²) >= 11 is 0. The molecule has 0 bridgehead atoms. The topological polar surface area (TPSA) is 75.4 Å². The molecular weight excluding hydrogens is 322 g/mol. The van der Waals surface area contributed by atoms with Gasteiger partial charge in [0.1, 0.15) is 0 Å². The van der Waals surface area contributed by atoms with Crippen LogP contribution in [0.15, 0.2) is 10.6 Å². The Balaban J connectivity index is 1.98. The quantitative estimate of drug-likeness (QED) is 0.847. The molecule has 128 valence electrons. The molecule has 1 aromatic rings. The summed E-state index contributed by atoms with van der Waals surface area (Å²) in [6.07, 6.45) is -3.34. The number of nitrogens with one attached hydrogen (secondary N) is 1. The number of aryl methyl sites for hydroxylation is 1. The van der Waals surface area contributed by atoms with E-state index >= 15 is 0 Å². The van der Waals surface area contributed by atoms with E-state index in [1.165, 1.54) is 11.0 Å². The van der Waals surface area contributed by atoms with Crippen LogP contribution in [-0.2, 0) is 4.79 Å². The van der Waals surface area contributed by atoms with Gasteiger partial charge in [0.2, 0.25) is 5.76 Å². The first kappa shape index (κ1) is 17.2. The Morgan fingerprint density at radius 1 is 1.48 bits per heavy atom. The van der Waals surface area contributed by atoms with E-state index in [1.807, 2.05) is 5.32 Å². The summed E-state index contributed by atoms with van der Waals surface area (Å²) in [7, 11) is 0. The standard InChI is InChI=1S/C13H15F4N3O3/c1-7-5-9(23-19-7)10(21)20-4-2-3-8(6-20)18-12(22)13(16,17)11(14)15/h5,8,11H,2-4,6H2,1H3,(H,18,22)/t8-/m1/s1. The number of hydrogen-bond acceptors (Lipinski definition) is 4. The zero-order valence-electron chi connectivity index (χ0n) is 12.2. The van der Waals surface area contributed by atoms with E-state index in [2.05, 4.69) is 5.16 Å². The fourth-order valence-electron chi connectivity index (χ4n) is 2.28. The molecule has 1 aliphatic rings. The van der Waals surface area contributed by atoms with Crippen molar-refractivity contribution in [2.45, 2.75) is 38.2 Å². The van der Waals surface area contributed by atoms with Gasteiger partial charge < -0.3 is 14.7 Å². The summed E-state index contributed by atoms with van der Waals surface area (Å²) in [5.41, 5.74) is 0.506. The lowest BCUT2D eigenvalue weighted by Crippen LogP contribution is -2.54. The molecule has 10 heteroatoms. The van der Waals surface area contributed by atoms with Crippen molar-refractivity contribution in [1.82, 2.24) is 15.4 Å². The zero-order chi connectivity index (χ0) is 17.2. The smallest absolute Gasteiger partial charge is 0.351 e. The maximum atomic E-state index is 13.0. The first-order valence-corrected chi connectivity index (χ1v) is 6.91. The van der Waals surface area contributed by atoms with Gasteiger partial charge in [-0.05, 0) is 19.8 Å². The van der Waals surface area contributed by atoms with Crippen LogP contribution in [0, 0.1) is 6.92 Å². The Labute approximate surface area is 128 Å². The van der Waals surface area contributed by atoms with Gasteiger partial charge in [-0.3, -0.25) is 9.59 Å². The molecule has 0 aliphatic carbocycles. The largest absolute Gasteiger partial charge is 0.383 e. The normalized spacial score (nSPS) is 19.0. The maximum Gasteiger partial charge on any atom is 0.383 e. The molecule has 1 saturated heterocycles. The summed E-state index contributed by atoms with van der Waals surface area (Å²) < 4.78 is 55.0. The van der Waals surface area contributed by atoms with Crippen molar-refractivity contribution in [2.24, 2.45) is 0 Å². The average Bonchev–Trinajstić information content (AvgIpc) is 2.93. The predicted molar refractivity (Wildman–Crippen MR) is 69.3 cm³/mol. The molecule has 23 heavy (non-hydrogen) atoms. The fourth-order valence-corrected chi connectivity index (χ4v) is 2.28. The van der Waals surface area contributed by atoms with E-state index < -0.39 is 30.2 Å². The van der Waals surface area contributed by atoms with Gasteiger partial charge >= 0.3 is 12.3 Å². The van der Waals surface area contributed by atoms with E-state index in [0.717, 1.165) is 0 Å². The summed E-state index contributed by atoms with van der Waals surface area (Å²) in [5, 5.41) is 5.45. The molecule has 1 N–H and O–H groups in total. The van der Waals surface area contributed by atoms with Crippen LogP contribution in [-0.4, -0.2) is 53.4 Å². The second-order valence-corrected chi connectivity index (χ2v) is 5.32. The monoisotopic (exact) mass is 337 g/mol. The number of aromatic nitrogens is 1. The van der Waals surface area contributed by atoms with Crippen molar-refractivity contribution in [3.8, 4) is 0 Å². The van der Waals surface area contributed by atoms with Gasteiger partial charge in [0.05, 0.1) is 5.69 Å². The lowest BCUT2D eigenvalue weighted by Gasteiger charge is -2.33. The average molecular weight is 337 g/mol. The third kappa shape index (κ3) is 3.80. The Hall–Kier alpha value is -2.13. The molecule has 6 nitrogen and oxygen atoms in total. The van der Waals surface area contributed by atoms with Crippen molar-refractivity contribution in [1.29, 1.82) is 0 Å². The molecule has 2 rings (SSSR count). The molecule has 1 atom stereocenters. The van der Waals surface area contributed by atoms with Crippen LogP contribution in [0.1, 0.15) is 29.1 Å². The van der Waals surface area contributed by atoms with E-state index in [0.29, 0.717) is 25.1 Å². The fraction of sp³-hybridized carbons (Fsp3) is 0.615. The van der Waals surface area contributed by atoms with Gasteiger partial charge in [0, 0.05) is 25.2 Å². The van der Waals surface area contributed by atoms with Crippen LogP contribution < -0.4 is 5.32 Å².